The van der Waals surface area contributed by atoms with Gasteiger partial charge in [0.25, 0.3) is 5.91 Å². The van der Waals surface area contributed by atoms with Crippen LogP contribution < -0.4 is 14.8 Å². The highest BCUT2D eigenvalue weighted by molar-refractivity contribution is 7.98. The molecule has 0 saturated carbocycles. The second-order valence-electron chi connectivity index (χ2n) is 6.64. The summed E-state index contributed by atoms with van der Waals surface area (Å²) in [4.78, 5) is 14.0. The van der Waals surface area contributed by atoms with Crippen LogP contribution in [0, 0.1) is 0 Å². The van der Waals surface area contributed by atoms with Crippen LogP contribution in [0.5, 0.6) is 11.5 Å². The molecule has 158 valence electrons. The predicted octanol–water partition coefficient (Wildman–Crippen LogP) is 5.86. The number of hydrogen-bond acceptors (Lipinski definition) is 5. The molecule has 0 aliphatic heterocycles. The highest BCUT2D eigenvalue weighted by Gasteiger charge is 2.19. The van der Waals surface area contributed by atoms with Crippen LogP contribution in [0.25, 0.3) is 0 Å². The first-order valence-electron chi connectivity index (χ1n) is 10.1. The van der Waals surface area contributed by atoms with E-state index in [9.17, 15) is 4.79 Å². The fraction of sp³-hybridized carbons (Fsp3) is 0.292. The lowest BCUT2D eigenvalue weighted by atomic mass is 10.1. The average molecular weight is 426 g/mol. The van der Waals surface area contributed by atoms with E-state index in [0.717, 1.165) is 16.0 Å². The number of hydrogen-bond donors (Lipinski definition) is 1. The minimum absolute atomic E-state index is 0.216. The van der Waals surface area contributed by atoms with E-state index in [2.05, 4.69) is 17.4 Å². The van der Waals surface area contributed by atoms with Gasteiger partial charge in [-0.3, -0.25) is 4.79 Å². The van der Waals surface area contributed by atoms with Crippen molar-refractivity contribution in [2.75, 3.05) is 13.2 Å². The van der Waals surface area contributed by atoms with Gasteiger partial charge in [0.1, 0.15) is 0 Å². The maximum absolute atomic E-state index is 12.8. The number of carbonyl (C=O) groups excluding carboxylic acids is 1. The van der Waals surface area contributed by atoms with Crippen LogP contribution in [0.15, 0.2) is 70.2 Å². The Bertz CT molecular complexity index is 955. The summed E-state index contributed by atoms with van der Waals surface area (Å²) in [5, 5.41) is 3.02. The van der Waals surface area contributed by atoms with Crippen molar-refractivity contribution >= 4 is 17.7 Å². The van der Waals surface area contributed by atoms with E-state index in [1.165, 1.54) is 0 Å². The van der Waals surface area contributed by atoms with Gasteiger partial charge in [-0.05, 0) is 56.7 Å². The fourth-order valence-corrected chi connectivity index (χ4v) is 3.91. The van der Waals surface area contributed by atoms with Gasteiger partial charge in [0.2, 0.25) is 0 Å². The van der Waals surface area contributed by atoms with E-state index in [1.807, 2.05) is 63.2 Å². The molecular weight excluding hydrogens is 398 g/mol. The van der Waals surface area contributed by atoms with Crippen molar-refractivity contribution in [3.8, 4) is 11.5 Å². The maximum atomic E-state index is 12.8. The van der Waals surface area contributed by atoms with Crippen molar-refractivity contribution in [3.63, 3.8) is 0 Å². The Hall–Kier alpha value is -2.86. The minimum atomic E-state index is -0.233. The largest absolute Gasteiger partial charge is 0.490 e. The van der Waals surface area contributed by atoms with E-state index in [0.29, 0.717) is 36.2 Å². The normalized spacial score (nSPS) is 11.7. The molecule has 0 bridgehead atoms. The predicted molar refractivity (Wildman–Crippen MR) is 119 cm³/mol. The van der Waals surface area contributed by atoms with Crippen molar-refractivity contribution in [1.82, 2.24) is 5.32 Å². The molecule has 30 heavy (non-hydrogen) atoms. The van der Waals surface area contributed by atoms with Crippen LogP contribution in [-0.4, -0.2) is 19.1 Å². The van der Waals surface area contributed by atoms with Crippen molar-refractivity contribution in [2.24, 2.45) is 0 Å². The summed E-state index contributed by atoms with van der Waals surface area (Å²) in [6, 6.07) is 17.4. The summed E-state index contributed by atoms with van der Waals surface area (Å²) in [5.41, 5.74) is 1.80. The number of carbonyl (C=O) groups is 1. The van der Waals surface area contributed by atoms with Gasteiger partial charge in [-0.25, -0.2) is 0 Å². The lowest BCUT2D eigenvalue weighted by Crippen LogP contribution is -2.27. The van der Waals surface area contributed by atoms with Crippen LogP contribution in [0.4, 0.5) is 0 Å². The molecule has 2 aromatic carbocycles. The van der Waals surface area contributed by atoms with E-state index in [4.69, 9.17) is 13.9 Å². The average Bonchev–Trinajstić information content (AvgIpc) is 3.23. The van der Waals surface area contributed by atoms with Gasteiger partial charge in [0.15, 0.2) is 17.3 Å². The second kappa shape index (κ2) is 10.8. The third kappa shape index (κ3) is 5.60. The van der Waals surface area contributed by atoms with Crippen molar-refractivity contribution < 1.29 is 18.7 Å². The molecule has 0 aliphatic rings. The van der Waals surface area contributed by atoms with Crippen LogP contribution >= 0.6 is 11.8 Å². The topological polar surface area (TPSA) is 60.7 Å². The van der Waals surface area contributed by atoms with E-state index >= 15 is 0 Å². The lowest BCUT2D eigenvalue weighted by molar-refractivity contribution is 0.0911. The molecule has 0 aliphatic carbocycles. The minimum Gasteiger partial charge on any atom is -0.490 e. The highest BCUT2D eigenvalue weighted by Crippen LogP contribution is 2.31. The summed E-state index contributed by atoms with van der Waals surface area (Å²) in [6.45, 7) is 6.90. The Morgan fingerprint density at radius 3 is 2.50 bits per heavy atom. The zero-order valence-corrected chi connectivity index (χ0v) is 18.3. The van der Waals surface area contributed by atoms with Crippen LogP contribution in [0.1, 0.15) is 48.5 Å². The molecule has 1 atom stereocenters. The van der Waals surface area contributed by atoms with E-state index in [1.54, 1.807) is 18.0 Å². The third-order valence-corrected chi connectivity index (χ3v) is 5.57. The molecule has 0 fully saturated rings. The Morgan fingerprint density at radius 2 is 1.77 bits per heavy atom. The van der Waals surface area contributed by atoms with Gasteiger partial charge in [-0.15, -0.1) is 11.8 Å². The number of rotatable bonds is 10. The summed E-state index contributed by atoms with van der Waals surface area (Å²) in [5.74, 6) is 2.16. The van der Waals surface area contributed by atoms with Crippen LogP contribution in [0.2, 0.25) is 0 Å². The first-order valence-corrected chi connectivity index (χ1v) is 11.1. The SMILES string of the molecule is CCOc1ccc(C(C)NC(=O)c2occc2CSc2ccccc2)cc1OCC. The molecule has 0 radical (unpaired) electrons. The molecule has 0 spiro atoms. The molecule has 3 rings (SSSR count). The van der Waals surface area contributed by atoms with Gasteiger partial charge < -0.3 is 19.2 Å². The molecule has 3 aromatic rings. The summed E-state index contributed by atoms with van der Waals surface area (Å²) in [7, 11) is 0. The van der Waals surface area contributed by atoms with Gasteiger partial charge in [-0.1, -0.05) is 24.3 Å². The fourth-order valence-electron chi connectivity index (χ4n) is 3.01. The molecule has 1 heterocycles. The van der Waals surface area contributed by atoms with Gasteiger partial charge in [-0.2, -0.15) is 0 Å². The number of amides is 1. The van der Waals surface area contributed by atoms with Crippen molar-refractivity contribution in [3.05, 3.63) is 77.7 Å². The molecule has 5 nitrogen and oxygen atoms in total. The van der Waals surface area contributed by atoms with Crippen LogP contribution in [-0.2, 0) is 5.75 Å². The zero-order chi connectivity index (χ0) is 21.3. The lowest BCUT2D eigenvalue weighted by Gasteiger charge is -2.17. The number of ether oxygens (including phenoxy) is 2. The molecule has 1 aromatic heterocycles. The maximum Gasteiger partial charge on any atom is 0.287 e. The number of furan rings is 1. The molecular formula is C24H27NO4S. The Morgan fingerprint density at radius 1 is 1.03 bits per heavy atom. The molecule has 1 N–H and O–H groups in total. The molecule has 6 heteroatoms. The summed E-state index contributed by atoms with van der Waals surface area (Å²) < 4.78 is 16.8. The van der Waals surface area contributed by atoms with Gasteiger partial charge in [0.05, 0.1) is 25.5 Å². The summed E-state index contributed by atoms with van der Waals surface area (Å²) >= 11 is 1.67. The van der Waals surface area contributed by atoms with Gasteiger partial charge in [0, 0.05) is 16.2 Å². The van der Waals surface area contributed by atoms with Crippen LogP contribution in [0.3, 0.4) is 0 Å². The summed E-state index contributed by atoms with van der Waals surface area (Å²) in [6.07, 6.45) is 1.56. The smallest absolute Gasteiger partial charge is 0.287 e. The van der Waals surface area contributed by atoms with E-state index in [-0.39, 0.29) is 11.9 Å². The Labute approximate surface area is 181 Å². The third-order valence-electron chi connectivity index (χ3n) is 4.51. The first kappa shape index (κ1) is 21.8. The van der Waals surface area contributed by atoms with Gasteiger partial charge >= 0.3 is 0 Å². The monoisotopic (exact) mass is 425 g/mol. The van der Waals surface area contributed by atoms with E-state index < -0.39 is 0 Å². The highest BCUT2D eigenvalue weighted by atomic mass is 32.2. The standard InChI is InChI=1S/C24H27NO4S/c1-4-27-21-12-11-18(15-22(21)28-5-2)17(3)25-24(26)23-19(13-14-29-23)16-30-20-9-7-6-8-10-20/h6-15,17H,4-5,16H2,1-3H3,(H,25,26). The first-order chi connectivity index (χ1) is 14.6. The Kier molecular flexibility index (Phi) is 7.85. The number of benzene rings is 2. The van der Waals surface area contributed by atoms with Crippen molar-refractivity contribution in [1.29, 1.82) is 0 Å². The molecule has 1 amide bonds. The Balaban J connectivity index is 1.67. The zero-order valence-electron chi connectivity index (χ0n) is 17.5. The quantitative estimate of drug-likeness (QED) is 0.412. The molecule has 0 saturated heterocycles. The van der Waals surface area contributed by atoms with Crippen molar-refractivity contribution in [2.45, 2.75) is 37.5 Å². The number of thioether (sulfide) groups is 1. The second-order valence-corrected chi connectivity index (χ2v) is 7.69. The molecule has 1 unspecified atom stereocenters. The number of nitrogens with one attached hydrogen (secondary N) is 1.